The number of pyridine rings is 2. The smallest absolute Gasteiger partial charge is 0.276 e. The summed E-state index contributed by atoms with van der Waals surface area (Å²) in [5, 5.41) is 13.8. The Hall–Kier alpha value is -3.94. The van der Waals surface area contributed by atoms with Crippen molar-refractivity contribution in [2.45, 2.75) is 19.3 Å². The second-order valence-corrected chi connectivity index (χ2v) is 7.95. The summed E-state index contributed by atoms with van der Waals surface area (Å²) in [6, 6.07) is 11.7. The third-order valence-electron chi connectivity index (χ3n) is 5.83. The number of aromatic nitrogens is 4. The summed E-state index contributed by atoms with van der Waals surface area (Å²) in [5.74, 6) is 0.450. The fraction of sp³-hybridized carbons (Fsp3) is 0.250. The van der Waals surface area contributed by atoms with Crippen LogP contribution in [0.25, 0.3) is 22.0 Å². The van der Waals surface area contributed by atoms with Crippen LogP contribution in [0.15, 0.2) is 55.0 Å². The highest BCUT2D eigenvalue weighted by atomic mass is 16.1. The molecule has 32 heavy (non-hydrogen) atoms. The van der Waals surface area contributed by atoms with Crippen LogP contribution >= 0.6 is 0 Å². The van der Waals surface area contributed by atoms with Crippen LogP contribution in [0.1, 0.15) is 29.8 Å². The molecular weight excluding hydrogens is 402 g/mol. The first-order valence-electron chi connectivity index (χ1n) is 10.8. The Balaban J connectivity index is 1.43. The van der Waals surface area contributed by atoms with E-state index >= 15 is 0 Å². The van der Waals surface area contributed by atoms with E-state index in [9.17, 15) is 4.79 Å². The van der Waals surface area contributed by atoms with Crippen molar-refractivity contribution in [1.29, 1.82) is 0 Å². The first-order valence-corrected chi connectivity index (χ1v) is 10.8. The third-order valence-corrected chi connectivity index (χ3v) is 5.83. The molecular formula is C24H25N7O. The van der Waals surface area contributed by atoms with Crippen LogP contribution < -0.4 is 15.5 Å². The van der Waals surface area contributed by atoms with Gasteiger partial charge >= 0.3 is 0 Å². The fourth-order valence-electron chi connectivity index (χ4n) is 4.08. The van der Waals surface area contributed by atoms with Crippen LogP contribution in [0.4, 0.5) is 17.2 Å². The number of anilines is 3. The second kappa shape index (κ2) is 8.66. The van der Waals surface area contributed by atoms with Gasteiger partial charge < -0.3 is 15.5 Å². The number of nitrogens with zero attached hydrogens (tertiary/aromatic N) is 4. The Morgan fingerprint density at radius 3 is 2.66 bits per heavy atom. The van der Waals surface area contributed by atoms with Gasteiger partial charge in [0.1, 0.15) is 5.82 Å². The van der Waals surface area contributed by atoms with E-state index in [0.717, 1.165) is 46.6 Å². The maximum Gasteiger partial charge on any atom is 0.276 e. The van der Waals surface area contributed by atoms with Gasteiger partial charge in [-0.25, -0.2) is 4.98 Å². The van der Waals surface area contributed by atoms with Gasteiger partial charge in [0.25, 0.3) is 5.91 Å². The van der Waals surface area contributed by atoms with Gasteiger partial charge in [0.15, 0.2) is 5.69 Å². The predicted molar refractivity (Wildman–Crippen MR) is 127 cm³/mol. The number of hydrogen-bond donors (Lipinski definition) is 3. The lowest BCUT2D eigenvalue weighted by Gasteiger charge is -2.28. The summed E-state index contributed by atoms with van der Waals surface area (Å²) in [5.41, 5.74) is 4.93. The Labute approximate surface area is 186 Å². The van der Waals surface area contributed by atoms with Crippen LogP contribution in [0.5, 0.6) is 0 Å². The molecule has 162 valence electrons. The summed E-state index contributed by atoms with van der Waals surface area (Å²) in [7, 11) is 1.80. The number of H-pyrrole nitrogens is 1. The minimum absolute atomic E-state index is 0.285. The first kappa shape index (κ1) is 20.0. The minimum atomic E-state index is -0.285. The number of carbonyl (C=O) groups is 1. The van der Waals surface area contributed by atoms with Gasteiger partial charge in [0.05, 0.1) is 29.3 Å². The average molecular weight is 428 g/mol. The summed E-state index contributed by atoms with van der Waals surface area (Å²) in [4.78, 5) is 24.0. The second-order valence-electron chi connectivity index (χ2n) is 7.95. The van der Waals surface area contributed by atoms with Crippen LogP contribution in [-0.2, 0) is 0 Å². The minimum Gasteiger partial charge on any atom is -0.373 e. The lowest BCUT2D eigenvalue weighted by Crippen LogP contribution is -2.29. The number of hydrogen-bond acceptors (Lipinski definition) is 6. The molecule has 0 saturated carbocycles. The number of fused-ring (bicyclic) bond motifs is 1. The average Bonchev–Trinajstić information content (AvgIpc) is 3.29. The number of nitrogens with one attached hydrogen (secondary N) is 3. The number of carbonyl (C=O) groups excluding carboxylic acids is 1. The zero-order valence-corrected chi connectivity index (χ0v) is 17.9. The molecule has 0 radical (unpaired) electrons. The third kappa shape index (κ3) is 3.99. The van der Waals surface area contributed by atoms with E-state index in [4.69, 9.17) is 0 Å². The molecule has 3 N–H and O–H groups in total. The summed E-state index contributed by atoms with van der Waals surface area (Å²) in [6.07, 6.45) is 9.14. The van der Waals surface area contributed by atoms with Crippen molar-refractivity contribution < 1.29 is 4.79 Å². The van der Waals surface area contributed by atoms with E-state index in [1.807, 2.05) is 30.6 Å². The number of amides is 1. The highest BCUT2D eigenvalue weighted by Gasteiger charge is 2.16. The molecule has 1 aromatic carbocycles. The molecule has 1 saturated heterocycles. The molecule has 1 fully saturated rings. The predicted octanol–water partition coefficient (Wildman–Crippen LogP) is 4.30. The number of aromatic amines is 1. The molecule has 1 amide bonds. The van der Waals surface area contributed by atoms with E-state index in [2.05, 4.69) is 41.8 Å². The first-order chi connectivity index (χ1) is 15.7. The van der Waals surface area contributed by atoms with Crippen LogP contribution in [-0.4, -0.2) is 46.2 Å². The zero-order chi connectivity index (χ0) is 21.9. The number of rotatable bonds is 5. The summed E-state index contributed by atoms with van der Waals surface area (Å²) >= 11 is 0. The van der Waals surface area contributed by atoms with Gasteiger partial charge in [0, 0.05) is 37.3 Å². The molecule has 5 rings (SSSR count). The maximum absolute atomic E-state index is 12.9. The van der Waals surface area contributed by atoms with Gasteiger partial charge in [-0.3, -0.25) is 14.9 Å². The number of benzene rings is 1. The molecule has 1 aliphatic heterocycles. The van der Waals surface area contributed by atoms with Crippen molar-refractivity contribution in [2.75, 3.05) is 35.7 Å². The Kier molecular flexibility index (Phi) is 5.41. The highest BCUT2D eigenvalue weighted by Crippen LogP contribution is 2.29. The van der Waals surface area contributed by atoms with Crippen LogP contribution in [0.3, 0.4) is 0 Å². The van der Waals surface area contributed by atoms with E-state index in [0.29, 0.717) is 11.4 Å². The van der Waals surface area contributed by atoms with E-state index in [1.165, 1.54) is 19.3 Å². The largest absolute Gasteiger partial charge is 0.373 e. The molecule has 1 aliphatic rings. The molecule has 0 spiro atoms. The molecule has 4 aromatic rings. The van der Waals surface area contributed by atoms with E-state index in [-0.39, 0.29) is 5.91 Å². The van der Waals surface area contributed by atoms with Gasteiger partial charge in [-0.05, 0) is 55.2 Å². The van der Waals surface area contributed by atoms with Gasteiger partial charge in [-0.1, -0.05) is 6.07 Å². The summed E-state index contributed by atoms with van der Waals surface area (Å²) < 4.78 is 0. The van der Waals surface area contributed by atoms with Gasteiger partial charge in [-0.2, -0.15) is 5.10 Å². The topological polar surface area (TPSA) is 98.8 Å². The van der Waals surface area contributed by atoms with E-state index in [1.54, 1.807) is 25.4 Å². The monoisotopic (exact) mass is 427 g/mol. The van der Waals surface area contributed by atoms with Crippen molar-refractivity contribution in [3.63, 3.8) is 0 Å². The standard InChI is InChI=1S/C24H25N7O/c1-25-22-8-6-18(14-27-22)28-24(32)23-20-12-16(5-7-21(20)29-30-23)17-11-19(15-26-13-17)31-9-3-2-4-10-31/h5-8,11-15H,2-4,9-10H2,1H3,(H,25,27)(H,28,32)(H,29,30). The Morgan fingerprint density at radius 1 is 1.00 bits per heavy atom. The van der Waals surface area contributed by atoms with Crippen molar-refractivity contribution in [3.05, 3.63) is 60.7 Å². The summed E-state index contributed by atoms with van der Waals surface area (Å²) in [6.45, 7) is 2.14. The molecule has 0 atom stereocenters. The molecule has 4 heterocycles. The number of piperidine rings is 1. The zero-order valence-electron chi connectivity index (χ0n) is 17.9. The molecule has 8 nitrogen and oxygen atoms in total. The van der Waals surface area contributed by atoms with Crippen molar-refractivity contribution >= 4 is 34.0 Å². The Morgan fingerprint density at radius 2 is 1.88 bits per heavy atom. The highest BCUT2D eigenvalue weighted by molar-refractivity contribution is 6.11. The normalized spacial score (nSPS) is 13.8. The molecule has 0 aliphatic carbocycles. The van der Waals surface area contributed by atoms with E-state index < -0.39 is 0 Å². The molecule has 8 heteroatoms. The quantitative estimate of drug-likeness (QED) is 0.439. The molecule has 0 bridgehead atoms. The molecule has 0 unspecified atom stereocenters. The van der Waals surface area contributed by atoms with Gasteiger partial charge in [0.2, 0.25) is 0 Å². The van der Waals surface area contributed by atoms with Gasteiger partial charge in [-0.15, -0.1) is 0 Å². The maximum atomic E-state index is 12.9. The molecule has 3 aromatic heterocycles. The van der Waals surface area contributed by atoms with Crippen molar-refractivity contribution in [2.24, 2.45) is 0 Å². The lowest BCUT2D eigenvalue weighted by molar-refractivity contribution is 0.102. The van der Waals surface area contributed by atoms with Crippen LogP contribution in [0.2, 0.25) is 0 Å². The SMILES string of the molecule is CNc1ccc(NC(=O)c2n[nH]c3ccc(-c4cncc(N5CCCCC5)c4)cc23)cn1. The van der Waals surface area contributed by atoms with Crippen molar-refractivity contribution in [3.8, 4) is 11.1 Å². The fourth-order valence-corrected chi connectivity index (χ4v) is 4.08. The van der Waals surface area contributed by atoms with Crippen LogP contribution in [0, 0.1) is 0 Å². The Bertz CT molecular complexity index is 1240. The van der Waals surface area contributed by atoms with Crippen molar-refractivity contribution in [1.82, 2.24) is 20.2 Å². The lowest BCUT2D eigenvalue weighted by atomic mass is 10.0.